The number of aryl methyl sites for hydroxylation is 2. The Balaban J connectivity index is 3.16. The van der Waals surface area contributed by atoms with E-state index in [0.717, 1.165) is 5.56 Å². The highest BCUT2D eigenvalue weighted by molar-refractivity contribution is 5.75. The highest BCUT2D eigenvalue weighted by atomic mass is 16.1. The minimum Gasteiger partial charge on any atom is -0.370 e. The molecular weight excluding hydrogens is 200 g/mol. The van der Waals surface area contributed by atoms with E-state index in [1.54, 1.807) is 0 Å². The second-order valence-electron chi connectivity index (χ2n) is 4.60. The van der Waals surface area contributed by atoms with Crippen molar-refractivity contribution >= 4 is 5.91 Å². The molecule has 3 heteroatoms. The topological polar surface area (TPSA) is 55.1 Å². The van der Waals surface area contributed by atoms with E-state index >= 15 is 0 Å². The molecule has 0 heterocycles. The van der Waals surface area contributed by atoms with Gasteiger partial charge in [0.2, 0.25) is 5.91 Å². The maximum Gasteiger partial charge on any atom is 0.219 e. The summed E-state index contributed by atoms with van der Waals surface area (Å²) in [5.41, 5.74) is 8.40. The van der Waals surface area contributed by atoms with E-state index in [4.69, 9.17) is 5.73 Å². The fourth-order valence-electron chi connectivity index (χ4n) is 1.98. The van der Waals surface area contributed by atoms with Gasteiger partial charge in [-0.2, -0.15) is 0 Å². The number of primary amides is 1. The molecule has 16 heavy (non-hydrogen) atoms. The Morgan fingerprint density at radius 3 is 2.19 bits per heavy atom. The normalized spacial score (nSPS) is 14.5. The van der Waals surface area contributed by atoms with Crippen LogP contribution in [-0.2, 0) is 10.3 Å². The molecule has 1 unspecified atom stereocenters. The van der Waals surface area contributed by atoms with E-state index < -0.39 is 0 Å². The van der Waals surface area contributed by atoms with E-state index in [-0.39, 0.29) is 11.4 Å². The van der Waals surface area contributed by atoms with Gasteiger partial charge < -0.3 is 11.1 Å². The van der Waals surface area contributed by atoms with E-state index in [0.29, 0.717) is 6.42 Å². The largest absolute Gasteiger partial charge is 0.370 e. The first-order chi connectivity index (χ1) is 7.37. The Kier molecular flexibility index (Phi) is 3.70. The first kappa shape index (κ1) is 12.7. The lowest BCUT2D eigenvalue weighted by molar-refractivity contribution is -0.119. The monoisotopic (exact) mass is 220 g/mol. The van der Waals surface area contributed by atoms with Crippen molar-refractivity contribution in [1.82, 2.24) is 5.32 Å². The molecule has 0 bridgehead atoms. The van der Waals surface area contributed by atoms with Crippen molar-refractivity contribution in [3.63, 3.8) is 0 Å². The van der Waals surface area contributed by atoms with E-state index in [2.05, 4.69) is 37.4 Å². The molecular formula is C13H20N2O. The van der Waals surface area contributed by atoms with Crippen molar-refractivity contribution in [1.29, 1.82) is 0 Å². The molecule has 0 saturated heterocycles. The number of nitrogens with one attached hydrogen (secondary N) is 1. The van der Waals surface area contributed by atoms with Crippen LogP contribution in [0.1, 0.15) is 30.0 Å². The van der Waals surface area contributed by atoms with Gasteiger partial charge in [0.15, 0.2) is 0 Å². The third-order valence-corrected chi connectivity index (χ3v) is 2.94. The van der Waals surface area contributed by atoms with Crippen LogP contribution >= 0.6 is 0 Å². The van der Waals surface area contributed by atoms with Crippen molar-refractivity contribution < 1.29 is 4.79 Å². The van der Waals surface area contributed by atoms with Gasteiger partial charge >= 0.3 is 0 Å². The summed E-state index contributed by atoms with van der Waals surface area (Å²) in [5.74, 6) is -0.295. The van der Waals surface area contributed by atoms with Gasteiger partial charge in [-0.15, -0.1) is 0 Å². The summed E-state index contributed by atoms with van der Waals surface area (Å²) in [5, 5.41) is 3.18. The Labute approximate surface area is 97.0 Å². The lowest BCUT2D eigenvalue weighted by Gasteiger charge is -2.29. The summed E-state index contributed by atoms with van der Waals surface area (Å²) in [7, 11) is 1.85. The van der Waals surface area contributed by atoms with Crippen LogP contribution in [0.4, 0.5) is 0 Å². The predicted octanol–water partition coefficient (Wildman–Crippen LogP) is 1.61. The van der Waals surface area contributed by atoms with E-state index in [1.165, 1.54) is 11.1 Å². The van der Waals surface area contributed by atoms with Crippen LogP contribution < -0.4 is 11.1 Å². The lowest BCUT2D eigenvalue weighted by atomic mass is 9.86. The molecule has 1 aromatic rings. The molecule has 0 saturated carbocycles. The summed E-state index contributed by atoms with van der Waals surface area (Å²) >= 11 is 0. The van der Waals surface area contributed by atoms with Crippen LogP contribution in [0.2, 0.25) is 0 Å². The zero-order valence-corrected chi connectivity index (χ0v) is 10.4. The maximum atomic E-state index is 11.1. The first-order valence-electron chi connectivity index (χ1n) is 5.43. The van der Waals surface area contributed by atoms with Crippen molar-refractivity contribution in [3.8, 4) is 0 Å². The number of carbonyl (C=O) groups excluding carboxylic acids is 1. The van der Waals surface area contributed by atoms with Crippen molar-refractivity contribution in [3.05, 3.63) is 34.9 Å². The molecule has 3 N–H and O–H groups in total. The second-order valence-corrected chi connectivity index (χ2v) is 4.60. The summed E-state index contributed by atoms with van der Waals surface area (Å²) in [6.45, 7) is 6.10. The smallest absolute Gasteiger partial charge is 0.219 e. The van der Waals surface area contributed by atoms with Gasteiger partial charge in [0.25, 0.3) is 0 Å². The number of hydrogen-bond acceptors (Lipinski definition) is 2. The molecule has 0 aliphatic carbocycles. The van der Waals surface area contributed by atoms with E-state index in [9.17, 15) is 4.79 Å². The fraction of sp³-hybridized carbons (Fsp3) is 0.462. The van der Waals surface area contributed by atoms with E-state index in [1.807, 2.05) is 14.0 Å². The number of carbonyl (C=O) groups is 1. The molecule has 0 aliphatic rings. The standard InChI is InChI=1S/C13H20N2O/c1-9-5-10(2)7-11(6-9)13(3,15-4)8-12(14)16/h5-7,15H,8H2,1-4H3,(H2,14,16). The first-order valence-corrected chi connectivity index (χ1v) is 5.43. The van der Waals surface area contributed by atoms with Crippen LogP contribution in [0.3, 0.4) is 0 Å². The van der Waals surface area contributed by atoms with Crippen molar-refractivity contribution in [2.75, 3.05) is 7.05 Å². The lowest BCUT2D eigenvalue weighted by Crippen LogP contribution is -2.40. The van der Waals surface area contributed by atoms with Crippen LogP contribution in [-0.4, -0.2) is 13.0 Å². The summed E-state index contributed by atoms with van der Waals surface area (Å²) in [4.78, 5) is 11.1. The molecule has 1 amide bonds. The second kappa shape index (κ2) is 4.66. The zero-order chi connectivity index (χ0) is 12.3. The summed E-state index contributed by atoms with van der Waals surface area (Å²) < 4.78 is 0. The van der Waals surface area contributed by atoms with Gasteiger partial charge in [-0.25, -0.2) is 0 Å². The Morgan fingerprint density at radius 2 is 1.81 bits per heavy atom. The fourth-order valence-corrected chi connectivity index (χ4v) is 1.98. The van der Waals surface area contributed by atoms with Crippen LogP contribution in [0.25, 0.3) is 0 Å². The SMILES string of the molecule is CNC(C)(CC(N)=O)c1cc(C)cc(C)c1. The molecule has 0 radical (unpaired) electrons. The molecule has 1 aromatic carbocycles. The molecule has 1 rings (SSSR count). The minimum absolute atomic E-state index is 0.295. The van der Waals surface area contributed by atoms with Crippen LogP contribution in [0, 0.1) is 13.8 Å². The average molecular weight is 220 g/mol. The third kappa shape index (κ3) is 2.83. The highest BCUT2D eigenvalue weighted by Crippen LogP contribution is 2.25. The van der Waals surface area contributed by atoms with Crippen molar-refractivity contribution in [2.24, 2.45) is 5.73 Å². The Hall–Kier alpha value is -1.35. The molecule has 3 nitrogen and oxygen atoms in total. The maximum absolute atomic E-state index is 11.1. The minimum atomic E-state index is -0.386. The number of benzene rings is 1. The quantitative estimate of drug-likeness (QED) is 0.810. The highest BCUT2D eigenvalue weighted by Gasteiger charge is 2.26. The number of nitrogens with two attached hydrogens (primary N) is 1. The summed E-state index contributed by atoms with van der Waals surface area (Å²) in [6, 6.07) is 6.29. The number of hydrogen-bond donors (Lipinski definition) is 2. The predicted molar refractivity (Wildman–Crippen MR) is 66.1 cm³/mol. The molecule has 0 spiro atoms. The number of amides is 1. The van der Waals surface area contributed by atoms with Gasteiger partial charge in [0, 0.05) is 12.0 Å². The zero-order valence-electron chi connectivity index (χ0n) is 10.4. The van der Waals surface area contributed by atoms with Gasteiger partial charge in [0.1, 0.15) is 0 Å². The van der Waals surface area contributed by atoms with Gasteiger partial charge in [-0.05, 0) is 33.4 Å². The number of rotatable bonds is 4. The van der Waals surface area contributed by atoms with Crippen molar-refractivity contribution in [2.45, 2.75) is 32.7 Å². The molecule has 1 atom stereocenters. The van der Waals surface area contributed by atoms with Crippen LogP contribution in [0.15, 0.2) is 18.2 Å². The van der Waals surface area contributed by atoms with Gasteiger partial charge in [0.05, 0.1) is 0 Å². The van der Waals surface area contributed by atoms with Crippen LogP contribution in [0.5, 0.6) is 0 Å². The van der Waals surface area contributed by atoms with Gasteiger partial charge in [-0.3, -0.25) is 4.79 Å². The average Bonchev–Trinajstić information content (AvgIpc) is 2.15. The molecule has 0 aromatic heterocycles. The molecule has 88 valence electrons. The molecule has 0 aliphatic heterocycles. The summed E-state index contributed by atoms with van der Waals surface area (Å²) in [6.07, 6.45) is 0.298. The van der Waals surface area contributed by atoms with Gasteiger partial charge in [-0.1, -0.05) is 29.3 Å². The Morgan fingerprint density at radius 1 is 1.31 bits per heavy atom. The third-order valence-electron chi connectivity index (χ3n) is 2.94. The molecule has 0 fully saturated rings. The Bertz CT molecular complexity index is 381.